The molecule has 0 spiro atoms. The first-order valence-corrected chi connectivity index (χ1v) is 6.81. The van der Waals surface area contributed by atoms with E-state index in [0.717, 1.165) is 11.6 Å². The van der Waals surface area contributed by atoms with Crippen molar-refractivity contribution in [2.45, 2.75) is 13.0 Å². The maximum atomic E-state index is 13.6. The van der Waals surface area contributed by atoms with Gasteiger partial charge in [-0.05, 0) is 58.7 Å². The molecule has 0 aromatic heterocycles. The van der Waals surface area contributed by atoms with E-state index in [-0.39, 0.29) is 16.3 Å². The van der Waals surface area contributed by atoms with Crippen LogP contribution in [0.25, 0.3) is 0 Å². The number of nitrogens with one attached hydrogen (secondary N) is 1. The molecule has 0 saturated heterocycles. The molecule has 0 bridgehead atoms. The first-order valence-electron chi connectivity index (χ1n) is 6.02. The predicted octanol–water partition coefficient (Wildman–Crippen LogP) is 4.48. The van der Waals surface area contributed by atoms with Crippen LogP contribution in [-0.4, -0.2) is 7.05 Å². The second kappa shape index (κ2) is 5.97. The molecule has 2 aromatic rings. The van der Waals surface area contributed by atoms with Crippen molar-refractivity contribution in [2.75, 3.05) is 7.05 Å². The van der Waals surface area contributed by atoms with Crippen molar-refractivity contribution in [3.8, 4) is 0 Å². The summed E-state index contributed by atoms with van der Waals surface area (Å²) in [6, 6.07) is 6.89. The molecule has 0 radical (unpaired) electrons. The monoisotopic (exact) mass is 343 g/mol. The van der Waals surface area contributed by atoms with E-state index < -0.39 is 11.6 Å². The van der Waals surface area contributed by atoms with Crippen LogP contribution in [0, 0.1) is 24.4 Å². The molecule has 1 atom stereocenters. The predicted molar refractivity (Wildman–Crippen MR) is 76.1 cm³/mol. The number of aryl methyl sites for hydroxylation is 1. The first kappa shape index (κ1) is 15.1. The topological polar surface area (TPSA) is 12.0 Å². The fourth-order valence-corrected chi connectivity index (χ4v) is 2.66. The Hall–Kier alpha value is -1.33. The molecular weight excluding hydrogens is 331 g/mol. The van der Waals surface area contributed by atoms with Crippen molar-refractivity contribution < 1.29 is 13.2 Å². The molecule has 0 aliphatic carbocycles. The smallest absolute Gasteiger partial charge is 0.173 e. The summed E-state index contributed by atoms with van der Waals surface area (Å²) in [7, 11) is 1.71. The van der Waals surface area contributed by atoms with Gasteiger partial charge in [0, 0.05) is 0 Å². The molecule has 2 aromatic carbocycles. The summed E-state index contributed by atoms with van der Waals surface area (Å²) >= 11 is 3.07. The molecule has 1 N–H and O–H groups in total. The molecule has 2 rings (SSSR count). The van der Waals surface area contributed by atoms with Crippen LogP contribution in [0.4, 0.5) is 13.2 Å². The molecule has 1 nitrogen and oxygen atoms in total. The van der Waals surface area contributed by atoms with Gasteiger partial charge in [-0.15, -0.1) is 0 Å². The highest BCUT2D eigenvalue weighted by Gasteiger charge is 2.20. The van der Waals surface area contributed by atoms with Gasteiger partial charge < -0.3 is 5.32 Å². The van der Waals surface area contributed by atoms with Crippen LogP contribution in [0.15, 0.2) is 34.8 Å². The highest BCUT2D eigenvalue weighted by atomic mass is 79.9. The van der Waals surface area contributed by atoms with Gasteiger partial charge in [0.15, 0.2) is 11.6 Å². The van der Waals surface area contributed by atoms with Gasteiger partial charge in [-0.3, -0.25) is 0 Å². The molecule has 20 heavy (non-hydrogen) atoms. The Bertz CT molecular complexity index is 643. The third-order valence-corrected chi connectivity index (χ3v) is 3.99. The summed E-state index contributed by atoms with van der Waals surface area (Å²) in [6.07, 6.45) is 0. The van der Waals surface area contributed by atoms with Gasteiger partial charge >= 0.3 is 0 Å². The van der Waals surface area contributed by atoms with Crippen LogP contribution in [-0.2, 0) is 0 Å². The second-order valence-electron chi connectivity index (χ2n) is 4.49. The molecule has 0 saturated carbocycles. The quantitative estimate of drug-likeness (QED) is 0.810. The van der Waals surface area contributed by atoms with Crippen LogP contribution >= 0.6 is 15.9 Å². The van der Waals surface area contributed by atoms with E-state index in [1.165, 1.54) is 12.1 Å². The minimum atomic E-state index is -0.929. The van der Waals surface area contributed by atoms with Crippen molar-refractivity contribution in [1.29, 1.82) is 0 Å². The average molecular weight is 344 g/mol. The number of rotatable bonds is 3. The van der Waals surface area contributed by atoms with Crippen LogP contribution in [0.5, 0.6) is 0 Å². The zero-order valence-electron chi connectivity index (χ0n) is 11.0. The van der Waals surface area contributed by atoms with Crippen molar-refractivity contribution in [1.82, 2.24) is 5.32 Å². The number of hydrogen-bond donors (Lipinski definition) is 1. The van der Waals surface area contributed by atoms with Crippen LogP contribution < -0.4 is 5.32 Å². The average Bonchev–Trinajstić information content (AvgIpc) is 2.43. The van der Waals surface area contributed by atoms with Crippen LogP contribution in [0.3, 0.4) is 0 Å². The van der Waals surface area contributed by atoms with Crippen molar-refractivity contribution in [3.05, 3.63) is 68.9 Å². The summed E-state index contributed by atoms with van der Waals surface area (Å²) in [5.74, 6) is -2.14. The van der Waals surface area contributed by atoms with E-state index in [0.29, 0.717) is 11.1 Å². The van der Waals surface area contributed by atoms with Gasteiger partial charge in [-0.1, -0.05) is 18.2 Å². The van der Waals surface area contributed by atoms with Gasteiger partial charge in [-0.2, -0.15) is 0 Å². The Kier molecular flexibility index (Phi) is 4.50. The maximum Gasteiger partial charge on any atom is 0.173 e. The van der Waals surface area contributed by atoms with Crippen LogP contribution in [0.2, 0.25) is 0 Å². The molecule has 106 valence electrons. The van der Waals surface area contributed by atoms with Gasteiger partial charge in [0.25, 0.3) is 0 Å². The summed E-state index contributed by atoms with van der Waals surface area (Å²) in [6.45, 7) is 1.66. The lowest BCUT2D eigenvalue weighted by molar-refractivity contribution is 0.499. The number of halogens is 4. The maximum absolute atomic E-state index is 13.6. The molecule has 0 fully saturated rings. The molecular formula is C15H13BrF3N. The zero-order valence-corrected chi connectivity index (χ0v) is 12.6. The van der Waals surface area contributed by atoms with Crippen molar-refractivity contribution in [2.24, 2.45) is 0 Å². The van der Waals surface area contributed by atoms with Crippen molar-refractivity contribution in [3.63, 3.8) is 0 Å². The Labute approximate surface area is 123 Å². The van der Waals surface area contributed by atoms with E-state index in [4.69, 9.17) is 0 Å². The fourth-order valence-electron chi connectivity index (χ4n) is 2.11. The van der Waals surface area contributed by atoms with E-state index in [9.17, 15) is 13.2 Å². The SMILES string of the molecule is CNC(c1ccc(F)c(C)c1)c1ccc(F)c(F)c1Br. The Morgan fingerprint density at radius 2 is 1.70 bits per heavy atom. The lowest BCUT2D eigenvalue weighted by Gasteiger charge is -2.19. The first-order chi connectivity index (χ1) is 9.45. The third kappa shape index (κ3) is 2.74. The Morgan fingerprint density at radius 3 is 2.30 bits per heavy atom. The normalized spacial score (nSPS) is 12.5. The highest BCUT2D eigenvalue weighted by Crippen LogP contribution is 2.32. The minimum Gasteiger partial charge on any atom is -0.309 e. The van der Waals surface area contributed by atoms with E-state index >= 15 is 0 Å². The fraction of sp³-hybridized carbons (Fsp3) is 0.200. The van der Waals surface area contributed by atoms with Gasteiger partial charge in [0.1, 0.15) is 5.82 Å². The summed E-state index contributed by atoms with van der Waals surface area (Å²) in [5, 5.41) is 3.03. The summed E-state index contributed by atoms with van der Waals surface area (Å²) in [5.41, 5.74) is 1.83. The lowest BCUT2D eigenvalue weighted by atomic mass is 9.97. The number of hydrogen-bond acceptors (Lipinski definition) is 1. The Balaban J connectivity index is 2.52. The molecule has 0 amide bonds. The summed E-state index contributed by atoms with van der Waals surface area (Å²) in [4.78, 5) is 0. The highest BCUT2D eigenvalue weighted by molar-refractivity contribution is 9.10. The molecule has 0 aliphatic heterocycles. The zero-order chi connectivity index (χ0) is 14.9. The van der Waals surface area contributed by atoms with Gasteiger partial charge in [0.05, 0.1) is 10.5 Å². The van der Waals surface area contributed by atoms with Crippen molar-refractivity contribution >= 4 is 15.9 Å². The summed E-state index contributed by atoms with van der Waals surface area (Å²) < 4.78 is 40.2. The largest absolute Gasteiger partial charge is 0.309 e. The van der Waals surface area contributed by atoms with Crippen LogP contribution in [0.1, 0.15) is 22.7 Å². The molecule has 0 heterocycles. The van der Waals surface area contributed by atoms with Gasteiger partial charge in [-0.25, -0.2) is 13.2 Å². The van der Waals surface area contributed by atoms with E-state index in [1.54, 1.807) is 26.1 Å². The molecule has 5 heteroatoms. The molecule has 1 unspecified atom stereocenters. The van der Waals surface area contributed by atoms with E-state index in [1.807, 2.05) is 0 Å². The second-order valence-corrected chi connectivity index (χ2v) is 5.29. The Morgan fingerprint density at radius 1 is 1.05 bits per heavy atom. The minimum absolute atomic E-state index is 0.0684. The van der Waals surface area contributed by atoms with E-state index in [2.05, 4.69) is 21.2 Å². The van der Waals surface area contributed by atoms with Gasteiger partial charge in [0.2, 0.25) is 0 Å². The number of benzene rings is 2. The molecule has 0 aliphatic rings. The standard InChI is InChI=1S/C15H13BrF3N/c1-8-7-9(3-5-11(8)17)15(20-2)10-4-6-12(18)14(19)13(10)16/h3-7,15,20H,1-2H3. The third-order valence-electron chi connectivity index (χ3n) is 3.18. The lowest BCUT2D eigenvalue weighted by Crippen LogP contribution is -2.19.